The number of anilines is 3. The van der Waals surface area contributed by atoms with Gasteiger partial charge in [-0.05, 0) is 102 Å². The molecule has 10 aromatic rings. The average Bonchev–Trinajstić information content (AvgIpc) is 3.30. The van der Waals surface area contributed by atoms with E-state index >= 15 is 0 Å². The van der Waals surface area contributed by atoms with E-state index in [1.54, 1.807) is 0 Å². The molecule has 0 radical (unpaired) electrons. The van der Waals surface area contributed by atoms with Crippen LogP contribution in [0, 0.1) is 0 Å². The first-order chi connectivity index (χ1) is 28.3. The van der Waals surface area contributed by atoms with Gasteiger partial charge in [-0.2, -0.15) is 0 Å². The van der Waals surface area contributed by atoms with Gasteiger partial charge in [-0.15, -0.1) is 0 Å². The smallest absolute Gasteiger partial charge is 0.0546 e. The molecule has 10 aromatic carbocycles. The Morgan fingerprint density at radius 3 is 1.30 bits per heavy atom. The molecule has 268 valence electrons. The van der Waals surface area contributed by atoms with Crippen molar-refractivity contribution in [3.8, 4) is 55.6 Å². The predicted molar refractivity (Wildman–Crippen MR) is 243 cm³/mol. The monoisotopic (exact) mass is 725 g/mol. The van der Waals surface area contributed by atoms with Crippen molar-refractivity contribution in [1.82, 2.24) is 0 Å². The lowest BCUT2D eigenvalue weighted by Gasteiger charge is -2.30. The van der Waals surface area contributed by atoms with Gasteiger partial charge in [-0.25, -0.2) is 0 Å². The highest BCUT2D eigenvalue weighted by molar-refractivity contribution is 6.25. The standard InChI is InChI=1S/C56H39N/c1-6-20-40(21-7-1)45-30-18-31-46(38-45)57(47-36-37-48(41-22-8-2-9-23-41)52(39-47)42-24-10-3-11-25-42)53-35-19-34-51-55(44-28-14-5-15-29-44)54(43-26-12-4-13-27-43)49-32-16-17-33-50(49)56(51)53/h1-39H. The Morgan fingerprint density at radius 1 is 0.246 bits per heavy atom. The second-order valence-corrected chi connectivity index (χ2v) is 14.4. The molecule has 0 unspecified atom stereocenters. The minimum atomic E-state index is 1.09. The Kier molecular flexibility index (Phi) is 8.95. The fourth-order valence-corrected chi connectivity index (χ4v) is 8.50. The summed E-state index contributed by atoms with van der Waals surface area (Å²) in [6.45, 7) is 0. The number of hydrogen-bond donors (Lipinski definition) is 0. The zero-order chi connectivity index (χ0) is 38.0. The molecule has 57 heavy (non-hydrogen) atoms. The lowest BCUT2D eigenvalue weighted by atomic mass is 9.84. The molecule has 0 heterocycles. The Balaban J connectivity index is 1.31. The highest BCUT2D eigenvalue weighted by Gasteiger charge is 2.24. The van der Waals surface area contributed by atoms with Crippen molar-refractivity contribution in [3.63, 3.8) is 0 Å². The molecular formula is C56H39N. The fraction of sp³-hybridized carbons (Fsp3) is 0. The number of nitrogens with zero attached hydrogens (tertiary/aromatic N) is 1. The first-order valence-electron chi connectivity index (χ1n) is 19.6. The third-order valence-corrected chi connectivity index (χ3v) is 11.0. The molecular weight excluding hydrogens is 687 g/mol. The van der Waals surface area contributed by atoms with Gasteiger partial charge in [-0.1, -0.05) is 206 Å². The average molecular weight is 726 g/mol. The molecule has 0 saturated heterocycles. The van der Waals surface area contributed by atoms with E-state index in [1.807, 2.05) is 0 Å². The van der Waals surface area contributed by atoms with Crippen molar-refractivity contribution in [1.29, 1.82) is 0 Å². The predicted octanol–water partition coefficient (Wildman–Crippen LogP) is 15.8. The van der Waals surface area contributed by atoms with Crippen LogP contribution in [0.15, 0.2) is 237 Å². The van der Waals surface area contributed by atoms with Crippen LogP contribution >= 0.6 is 0 Å². The number of rotatable bonds is 8. The van der Waals surface area contributed by atoms with E-state index in [0.717, 1.165) is 17.1 Å². The van der Waals surface area contributed by atoms with E-state index in [1.165, 1.54) is 77.2 Å². The lowest BCUT2D eigenvalue weighted by molar-refractivity contribution is 1.30. The van der Waals surface area contributed by atoms with E-state index in [-0.39, 0.29) is 0 Å². The maximum atomic E-state index is 2.47. The quantitative estimate of drug-likeness (QED) is 0.141. The molecule has 10 rings (SSSR count). The van der Waals surface area contributed by atoms with E-state index < -0.39 is 0 Å². The minimum Gasteiger partial charge on any atom is -0.310 e. The van der Waals surface area contributed by atoms with Gasteiger partial charge in [0, 0.05) is 16.8 Å². The number of hydrogen-bond acceptors (Lipinski definition) is 1. The number of benzene rings is 10. The third-order valence-electron chi connectivity index (χ3n) is 11.0. The molecule has 0 fully saturated rings. The Bertz CT molecular complexity index is 2970. The summed E-state index contributed by atoms with van der Waals surface area (Å²) in [4.78, 5) is 2.47. The maximum absolute atomic E-state index is 2.47. The largest absolute Gasteiger partial charge is 0.310 e. The normalized spacial score (nSPS) is 11.2. The maximum Gasteiger partial charge on any atom is 0.0546 e. The van der Waals surface area contributed by atoms with Crippen LogP contribution in [0.25, 0.3) is 77.2 Å². The van der Waals surface area contributed by atoms with Crippen molar-refractivity contribution in [2.45, 2.75) is 0 Å². The molecule has 1 nitrogen and oxygen atoms in total. The molecule has 0 N–H and O–H groups in total. The SMILES string of the molecule is c1ccc(-c2cccc(N(c3ccc(-c4ccccc4)c(-c4ccccc4)c3)c3cccc4c(-c5ccccc5)c(-c5ccccc5)c5ccccc5c34)c2)cc1. The van der Waals surface area contributed by atoms with Crippen LogP contribution in [0.2, 0.25) is 0 Å². The summed E-state index contributed by atoms with van der Waals surface area (Å²) < 4.78 is 0. The summed E-state index contributed by atoms with van der Waals surface area (Å²) in [5, 5.41) is 4.87. The number of fused-ring (bicyclic) bond motifs is 3. The van der Waals surface area contributed by atoms with Gasteiger partial charge in [0.2, 0.25) is 0 Å². The molecule has 0 spiro atoms. The van der Waals surface area contributed by atoms with Crippen molar-refractivity contribution in [2.24, 2.45) is 0 Å². The van der Waals surface area contributed by atoms with E-state index in [0.29, 0.717) is 0 Å². The molecule has 0 aliphatic heterocycles. The van der Waals surface area contributed by atoms with Crippen LogP contribution in [-0.2, 0) is 0 Å². The second-order valence-electron chi connectivity index (χ2n) is 14.4. The summed E-state index contributed by atoms with van der Waals surface area (Å²) in [5.41, 5.74) is 15.3. The molecule has 1 heteroatoms. The summed E-state index contributed by atoms with van der Waals surface area (Å²) in [6.07, 6.45) is 0. The lowest BCUT2D eigenvalue weighted by Crippen LogP contribution is -2.11. The van der Waals surface area contributed by atoms with Gasteiger partial charge in [0.05, 0.1) is 5.69 Å². The Morgan fingerprint density at radius 2 is 0.684 bits per heavy atom. The van der Waals surface area contributed by atoms with Crippen molar-refractivity contribution < 1.29 is 0 Å². The van der Waals surface area contributed by atoms with E-state index in [9.17, 15) is 0 Å². The zero-order valence-corrected chi connectivity index (χ0v) is 31.5. The van der Waals surface area contributed by atoms with Crippen LogP contribution < -0.4 is 4.90 Å². The van der Waals surface area contributed by atoms with Crippen LogP contribution in [0.3, 0.4) is 0 Å². The third kappa shape index (κ3) is 6.36. The van der Waals surface area contributed by atoms with Gasteiger partial charge in [-0.3, -0.25) is 0 Å². The van der Waals surface area contributed by atoms with Gasteiger partial charge >= 0.3 is 0 Å². The second kappa shape index (κ2) is 15.0. The van der Waals surface area contributed by atoms with Crippen LogP contribution in [-0.4, -0.2) is 0 Å². The molecule has 0 aliphatic rings. The van der Waals surface area contributed by atoms with E-state index in [2.05, 4.69) is 241 Å². The summed E-state index contributed by atoms with van der Waals surface area (Å²) in [6, 6.07) is 85.7. The van der Waals surface area contributed by atoms with Crippen molar-refractivity contribution in [2.75, 3.05) is 4.90 Å². The van der Waals surface area contributed by atoms with Crippen LogP contribution in [0.5, 0.6) is 0 Å². The van der Waals surface area contributed by atoms with Gasteiger partial charge in [0.25, 0.3) is 0 Å². The Labute approximate surface area is 334 Å². The Hall–Kier alpha value is -7.48. The van der Waals surface area contributed by atoms with Gasteiger partial charge in [0.1, 0.15) is 0 Å². The molecule has 0 amide bonds. The van der Waals surface area contributed by atoms with Gasteiger partial charge in [0.15, 0.2) is 0 Å². The van der Waals surface area contributed by atoms with Crippen LogP contribution in [0.1, 0.15) is 0 Å². The van der Waals surface area contributed by atoms with Gasteiger partial charge < -0.3 is 4.90 Å². The van der Waals surface area contributed by atoms with E-state index in [4.69, 9.17) is 0 Å². The highest BCUT2D eigenvalue weighted by atomic mass is 15.1. The minimum absolute atomic E-state index is 1.09. The van der Waals surface area contributed by atoms with Crippen molar-refractivity contribution >= 4 is 38.6 Å². The van der Waals surface area contributed by atoms with Crippen molar-refractivity contribution in [3.05, 3.63) is 237 Å². The summed E-state index contributed by atoms with van der Waals surface area (Å²) in [5.74, 6) is 0. The topological polar surface area (TPSA) is 3.24 Å². The van der Waals surface area contributed by atoms with Crippen LogP contribution in [0.4, 0.5) is 17.1 Å². The first kappa shape index (κ1) is 34.0. The molecule has 0 bridgehead atoms. The first-order valence-corrected chi connectivity index (χ1v) is 19.6. The molecule has 0 saturated carbocycles. The summed E-state index contributed by atoms with van der Waals surface area (Å²) >= 11 is 0. The highest BCUT2D eigenvalue weighted by Crippen LogP contribution is 2.50. The zero-order valence-electron chi connectivity index (χ0n) is 31.5. The molecule has 0 aromatic heterocycles. The molecule has 0 aliphatic carbocycles. The fourth-order valence-electron chi connectivity index (χ4n) is 8.50. The molecule has 0 atom stereocenters. The summed E-state index contributed by atoms with van der Waals surface area (Å²) in [7, 11) is 0.